The van der Waals surface area contributed by atoms with Gasteiger partial charge in [-0.15, -0.1) is 0 Å². The molecule has 34 heavy (non-hydrogen) atoms. The van der Waals surface area contributed by atoms with E-state index in [0.29, 0.717) is 6.42 Å². The highest BCUT2D eigenvalue weighted by Crippen LogP contribution is 2.27. The highest BCUT2D eigenvalue weighted by molar-refractivity contribution is 7.89. The van der Waals surface area contributed by atoms with Crippen LogP contribution in [-0.2, 0) is 24.3 Å². The van der Waals surface area contributed by atoms with Gasteiger partial charge in [-0.2, -0.15) is 4.72 Å². The first-order chi connectivity index (χ1) is 15.8. The van der Waals surface area contributed by atoms with Crippen molar-refractivity contribution >= 4 is 27.6 Å². The van der Waals surface area contributed by atoms with Gasteiger partial charge in [-0.25, -0.2) is 13.2 Å². The number of carbonyl (C=O) groups is 2. The molecule has 0 bridgehead atoms. The van der Waals surface area contributed by atoms with Gasteiger partial charge in [0.15, 0.2) is 4.90 Å². The van der Waals surface area contributed by atoms with Gasteiger partial charge in [0.2, 0.25) is 15.9 Å². The van der Waals surface area contributed by atoms with Crippen LogP contribution >= 0.6 is 0 Å². The third-order valence-corrected chi connectivity index (χ3v) is 7.22. The Hall–Kier alpha value is -2.53. The van der Waals surface area contributed by atoms with Crippen LogP contribution in [0.1, 0.15) is 72.6 Å². The molecule has 1 aromatic carbocycles. The van der Waals surface area contributed by atoms with Gasteiger partial charge in [0.25, 0.3) is 5.69 Å². The number of nitrogens with one attached hydrogen (secondary N) is 2. The van der Waals surface area contributed by atoms with Gasteiger partial charge >= 0.3 is 5.97 Å². The molecular formula is C23H35N3O7S. The van der Waals surface area contributed by atoms with Crippen LogP contribution < -0.4 is 10.0 Å². The van der Waals surface area contributed by atoms with Gasteiger partial charge in [-0.3, -0.25) is 14.9 Å². The lowest BCUT2D eigenvalue weighted by atomic mass is 9.92. The third-order valence-electron chi connectivity index (χ3n) is 5.63. The SMILES string of the molecule is C[C@H](NS(=O)(=O)c1ccccc1[N+](=O)[O-])C(=O)N[C@@H](CC1CCCCCC1)C(=O)OC(C)(C)C. The Morgan fingerprint density at radius 2 is 1.74 bits per heavy atom. The number of benzene rings is 1. The van der Waals surface area contributed by atoms with Gasteiger partial charge in [-0.1, -0.05) is 50.7 Å². The number of nitro benzene ring substituents is 1. The molecule has 1 saturated carbocycles. The highest BCUT2D eigenvalue weighted by Gasteiger charge is 2.33. The number of nitro groups is 1. The molecule has 2 atom stereocenters. The van der Waals surface area contributed by atoms with E-state index in [1.807, 2.05) is 0 Å². The predicted octanol–water partition coefficient (Wildman–Crippen LogP) is 3.45. The molecule has 0 heterocycles. The summed E-state index contributed by atoms with van der Waals surface area (Å²) in [6.07, 6.45) is 6.72. The van der Waals surface area contributed by atoms with E-state index in [2.05, 4.69) is 10.0 Å². The van der Waals surface area contributed by atoms with E-state index >= 15 is 0 Å². The fourth-order valence-electron chi connectivity index (χ4n) is 4.00. The summed E-state index contributed by atoms with van der Waals surface area (Å²) >= 11 is 0. The summed E-state index contributed by atoms with van der Waals surface area (Å²) in [6.45, 7) is 6.52. The number of rotatable bonds is 9. The third kappa shape index (κ3) is 8.35. The molecule has 1 aliphatic rings. The summed E-state index contributed by atoms with van der Waals surface area (Å²) in [5.74, 6) is -1.04. The lowest BCUT2D eigenvalue weighted by Crippen LogP contribution is -2.52. The lowest BCUT2D eigenvalue weighted by Gasteiger charge is -2.27. The van der Waals surface area contributed by atoms with Crippen molar-refractivity contribution < 1.29 is 27.7 Å². The second-order valence-electron chi connectivity index (χ2n) is 9.76. The number of para-hydroxylation sites is 1. The second-order valence-corrected chi connectivity index (χ2v) is 11.4. The molecule has 190 valence electrons. The molecule has 0 unspecified atom stereocenters. The molecule has 2 rings (SSSR count). The summed E-state index contributed by atoms with van der Waals surface area (Å²) < 4.78 is 33.2. The van der Waals surface area contributed by atoms with Crippen LogP contribution in [-0.4, -0.2) is 42.9 Å². The molecule has 1 fully saturated rings. The minimum absolute atomic E-state index is 0.249. The van der Waals surface area contributed by atoms with Crippen molar-refractivity contribution in [3.05, 3.63) is 34.4 Å². The standard InChI is InChI=1S/C23H35N3O7S/c1-16(25-34(31,32)20-14-10-9-13-19(20)26(29)30)21(27)24-18(22(28)33-23(2,3)4)15-17-11-7-5-6-8-12-17/h9-10,13-14,16-18,25H,5-8,11-12,15H2,1-4H3,(H,24,27)/t16-,18-/m0/s1. The number of hydrogen-bond acceptors (Lipinski definition) is 7. The lowest BCUT2D eigenvalue weighted by molar-refractivity contribution is -0.387. The fourth-order valence-corrected chi connectivity index (χ4v) is 5.38. The normalized spacial score (nSPS) is 17.3. The highest BCUT2D eigenvalue weighted by atomic mass is 32.2. The van der Waals surface area contributed by atoms with E-state index in [9.17, 15) is 28.1 Å². The Morgan fingerprint density at radius 1 is 1.15 bits per heavy atom. The summed E-state index contributed by atoms with van der Waals surface area (Å²) in [7, 11) is -4.37. The molecule has 1 amide bonds. The quantitative estimate of drug-likeness (QED) is 0.230. The predicted molar refractivity (Wildman–Crippen MR) is 126 cm³/mol. The number of ether oxygens (including phenoxy) is 1. The van der Waals surface area contributed by atoms with Gasteiger partial charge in [-0.05, 0) is 46.1 Å². The first-order valence-corrected chi connectivity index (χ1v) is 13.1. The molecule has 2 N–H and O–H groups in total. The zero-order chi connectivity index (χ0) is 25.5. The maximum Gasteiger partial charge on any atom is 0.329 e. The minimum Gasteiger partial charge on any atom is -0.458 e. The topological polar surface area (TPSA) is 145 Å². The van der Waals surface area contributed by atoms with Gasteiger partial charge in [0.05, 0.1) is 11.0 Å². The first kappa shape index (κ1) is 27.7. The number of carbonyl (C=O) groups excluding carboxylic acids is 2. The number of amides is 1. The number of hydrogen-bond donors (Lipinski definition) is 2. The molecule has 1 aromatic rings. The van der Waals surface area contributed by atoms with E-state index in [1.54, 1.807) is 20.8 Å². The van der Waals surface area contributed by atoms with Crippen LogP contribution in [0.2, 0.25) is 0 Å². The minimum atomic E-state index is -4.37. The summed E-state index contributed by atoms with van der Waals surface area (Å²) in [6, 6.07) is 2.69. The molecule has 0 saturated heterocycles. The summed E-state index contributed by atoms with van der Waals surface area (Å²) in [5, 5.41) is 13.9. The molecule has 0 aliphatic heterocycles. The van der Waals surface area contributed by atoms with Crippen molar-refractivity contribution in [1.82, 2.24) is 10.0 Å². The van der Waals surface area contributed by atoms with Crippen molar-refractivity contribution in [3.8, 4) is 0 Å². The van der Waals surface area contributed by atoms with Crippen LogP contribution in [0.4, 0.5) is 5.69 Å². The molecule has 1 aliphatic carbocycles. The van der Waals surface area contributed by atoms with E-state index in [0.717, 1.165) is 50.7 Å². The van der Waals surface area contributed by atoms with Crippen LogP contribution in [0.25, 0.3) is 0 Å². The smallest absolute Gasteiger partial charge is 0.329 e. The van der Waals surface area contributed by atoms with Gasteiger partial charge < -0.3 is 10.1 Å². The van der Waals surface area contributed by atoms with Crippen molar-refractivity contribution in [2.75, 3.05) is 0 Å². The van der Waals surface area contributed by atoms with Gasteiger partial charge in [0.1, 0.15) is 11.6 Å². The second kappa shape index (κ2) is 11.7. The summed E-state index contributed by atoms with van der Waals surface area (Å²) in [4.78, 5) is 35.6. The zero-order valence-corrected chi connectivity index (χ0v) is 21.0. The van der Waals surface area contributed by atoms with Crippen LogP contribution in [0.5, 0.6) is 0 Å². The van der Waals surface area contributed by atoms with E-state index in [1.165, 1.54) is 19.1 Å². The molecule has 0 radical (unpaired) electrons. The molecule has 0 spiro atoms. The Balaban J connectivity index is 2.16. The maximum atomic E-state index is 12.9. The summed E-state index contributed by atoms with van der Waals surface area (Å²) in [5.41, 5.74) is -1.34. The first-order valence-electron chi connectivity index (χ1n) is 11.6. The van der Waals surface area contributed by atoms with Crippen LogP contribution in [0.15, 0.2) is 29.2 Å². The number of esters is 1. The Kier molecular flexibility index (Phi) is 9.57. The Morgan fingerprint density at radius 3 is 2.29 bits per heavy atom. The molecule has 11 heteroatoms. The number of nitrogens with zero attached hydrogens (tertiary/aromatic N) is 1. The van der Waals surface area contributed by atoms with Crippen LogP contribution in [0.3, 0.4) is 0 Å². The molecular weight excluding hydrogens is 462 g/mol. The van der Waals surface area contributed by atoms with Crippen molar-refractivity contribution in [1.29, 1.82) is 0 Å². The van der Waals surface area contributed by atoms with Crippen molar-refractivity contribution in [3.63, 3.8) is 0 Å². The maximum absolute atomic E-state index is 12.9. The largest absolute Gasteiger partial charge is 0.458 e. The average Bonchev–Trinajstić information content (AvgIpc) is 3.00. The van der Waals surface area contributed by atoms with E-state index in [-0.39, 0.29) is 5.92 Å². The molecule has 0 aromatic heterocycles. The fraction of sp³-hybridized carbons (Fsp3) is 0.652. The van der Waals surface area contributed by atoms with Crippen molar-refractivity contribution in [2.45, 2.75) is 95.2 Å². The number of sulfonamides is 1. The Labute approximate surface area is 201 Å². The average molecular weight is 498 g/mol. The Bertz CT molecular complexity index is 981. The van der Waals surface area contributed by atoms with Gasteiger partial charge in [0, 0.05) is 6.07 Å². The van der Waals surface area contributed by atoms with Crippen molar-refractivity contribution in [2.24, 2.45) is 5.92 Å². The monoisotopic (exact) mass is 497 g/mol. The molecule has 10 nitrogen and oxygen atoms in total. The van der Waals surface area contributed by atoms with E-state index in [4.69, 9.17) is 4.74 Å². The zero-order valence-electron chi connectivity index (χ0n) is 20.2. The van der Waals surface area contributed by atoms with E-state index < -0.39 is 55.1 Å². The van der Waals surface area contributed by atoms with Crippen LogP contribution in [0, 0.1) is 16.0 Å².